The molecule has 0 bridgehead atoms. The Kier molecular flexibility index (Phi) is 4.25. The molecule has 0 spiro atoms. The second kappa shape index (κ2) is 6.50. The molecule has 23 heavy (non-hydrogen) atoms. The number of ether oxygens (including phenoxy) is 1. The Morgan fingerprint density at radius 3 is 2.65 bits per heavy atom. The van der Waals surface area contributed by atoms with Crippen LogP contribution in [0.3, 0.4) is 0 Å². The molecule has 0 amide bonds. The molecule has 3 aromatic rings. The van der Waals surface area contributed by atoms with Crippen molar-refractivity contribution in [2.24, 2.45) is 0 Å². The molecule has 0 radical (unpaired) electrons. The van der Waals surface area contributed by atoms with Crippen LogP contribution in [0.1, 0.15) is 17.0 Å². The van der Waals surface area contributed by atoms with Crippen molar-refractivity contribution in [3.05, 3.63) is 77.6 Å². The van der Waals surface area contributed by atoms with E-state index in [9.17, 15) is 9.65 Å². The zero-order valence-electron chi connectivity index (χ0n) is 12.8. The molecule has 114 valence electrons. The molecule has 2 nitrogen and oxygen atoms in total. The summed E-state index contributed by atoms with van der Waals surface area (Å²) in [5.74, 6) is -0.0842. The third kappa shape index (κ3) is 3.02. The lowest BCUT2D eigenvalue weighted by atomic mass is 9.89. The molecule has 0 saturated heterocycles. The van der Waals surface area contributed by atoms with Gasteiger partial charge in [-0.2, -0.15) is 5.26 Å². The van der Waals surface area contributed by atoms with Crippen molar-refractivity contribution in [3.63, 3.8) is 0 Å². The highest BCUT2D eigenvalue weighted by molar-refractivity contribution is 5.86. The maximum absolute atomic E-state index is 13.6. The van der Waals surface area contributed by atoms with Crippen LogP contribution < -0.4 is 4.74 Å². The van der Waals surface area contributed by atoms with Gasteiger partial charge in [0, 0.05) is 0 Å². The van der Waals surface area contributed by atoms with Crippen molar-refractivity contribution >= 4 is 10.8 Å². The molecule has 0 N–H and O–H groups in total. The van der Waals surface area contributed by atoms with Crippen molar-refractivity contribution in [3.8, 4) is 11.8 Å². The van der Waals surface area contributed by atoms with Crippen LogP contribution >= 0.6 is 0 Å². The number of halogens is 1. The van der Waals surface area contributed by atoms with Crippen molar-refractivity contribution in [2.75, 3.05) is 7.11 Å². The van der Waals surface area contributed by atoms with Gasteiger partial charge in [-0.25, -0.2) is 4.39 Å². The molecule has 1 atom stereocenters. The Balaban J connectivity index is 2.04. The average Bonchev–Trinajstić information content (AvgIpc) is 2.59. The number of benzene rings is 3. The maximum atomic E-state index is 13.6. The predicted molar refractivity (Wildman–Crippen MR) is 89.0 cm³/mol. The largest absolute Gasteiger partial charge is 0.496 e. The van der Waals surface area contributed by atoms with E-state index in [-0.39, 0.29) is 11.7 Å². The number of fused-ring (bicyclic) bond motifs is 1. The van der Waals surface area contributed by atoms with E-state index in [0.717, 1.165) is 16.3 Å². The van der Waals surface area contributed by atoms with E-state index < -0.39 is 0 Å². The molecule has 0 aliphatic rings. The van der Waals surface area contributed by atoms with Crippen molar-refractivity contribution in [2.45, 2.75) is 12.3 Å². The molecule has 3 heteroatoms. The highest BCUT2D eigenvalue weighted by atomic mass is 19.1. The lowest BCUT2D eigenvalue weighted by Crippen LogP contribution is -2.03. The van der Waals surface area contributed by atoms with Gasteiger partial charge in [-0.15, -0.1) is 0 Å². The summed E-state index contributed by atoms with van der Waals surface area (Å²) in [5.41, 5.74) is 1.66. The van der Waals surface area contributed by atoms with Crippen LogP contribution in [0, 0.1) is 17.1 Å². The van der Waals surface area contributed by atoms with Gasteiger partial charge in [-0.3, -0.25) is 0 Å². The number of rotatable bonds is 4. The molecule has 3 rings (SSSR count). The van der Waals surface area contributed by atoms with E-state index >= 15 is 0 Å². The number of hydrogen-bond donors (Lipinski definition) is 0. The fourth-order valence-corrected chi connectivity index (χ4v) is 2.91. The second-order valence-corrected chi connectivity index (χ2v) is 5.41. The molecule has 0 aromatic heterocycles. The summed E-state index contributed by atoms with van der Waals surface area (Å²) in [4.78, 5) is 0. The monoisotopic (exact) mass is 305 g/mol. The minimum atomic E-state index is -0.364. The summed E-state index contributed by atoms with van der Waals surface area (Å²) in [6.45, 7) is 0. The molecule has 0 aliphatic heterocycles. The van der Waals surface area contributed by atoms with E-state index in [0.29, 0.717) is 17.7 Å². The Labute approximate surface area is 134 Å². The van der Waals surface area contributed by atoms with Gasteiger partial charge in [0.2, 0.25) is 0 Å². The third-order valence-electron chi connectivity index (χ3n) is 4.02. The molecular formula is C20H16FNO. The highest BCUT2D eigenvalue weighted by Crippen LogP contribution is 2.31. The molecule has 0 saturated carbocycles. The summed E-state index contributed by atoms with van der Waals surface area (Å²) in [5, 5.41) is 11.8. The normalized spacial score (nSPS) is 11.9. The minimum Gasteiger partial charge on any atom is -0.496 e. The molecule has 0 fully saturated rings. The van der Waals surface area contributed by atoms with Crippen LogP contribution in [0.4, 0.5) is 4.39 Å². The first kappa shape index (κ1) is 15.1. The van der Waals surface area contributed by atoms with Gasteiger partial charge in [0.05, 0.1) is 19.1 Å². The van der Waals surface area contributed by atoms with Crippen molar-refractivity contribution in [1.82, 2.24) is 0 Å². The first-order valence-electron chi connectivity index (χ1n) is 7.42. The topological polar surface area (TPSA) is 33.0 Å². The fourth-order valence-electron chi connectivity index (χ4n) is 2.91. The Morgan fingerprint density at radius 2 is 1.87 bits per heavy atom. The lowest BCUT2D eigenvalue weighted by Gasteiger charge is -2.15. The fraction of sp³-hybridized carbons (Fsp3) is 0.150. The number of nitrogens with zero attached hydrogens (tertiary/aromatic N) is 1. The zero-order chi connectivity index (χ0) is 16.2. The molecule has 3 aromatic carbocycles. The zero-order valence-corrected chi connectivity index (χ0v) is 12.8. The van der Waals surface area contributed by atoms with Gasteiger partial charge in [-0.05, 0) is 46.5 Å². The van der Waals surface area contributed by atoms with Gasteiger partial charge >= 0.3 is 0 Å². The van der Waals surface area contributed by atoms with Crippen LogP contribution in [-0.4, -0.2) is 7.11 Å². The van der Waals surface area contributed by atoms with Gasteiger partial charge in [0.1, 0.15) is 11.6 Å². The summed E-state index contributed by atoms with van der Waals surface area (Å²) < 4.78 is 18.8. The molecule has 0 heterocycles. The van der Waals surface area contributed by atoms with Crippen molar-refractivity contribution < 1.29 is 9.13 Å². The van der Waals surface area contributed by atoms with E-state index in [2.05, 4.69) is 6.07 Å². The molecular weight excluding hydrogens is 289 g/mol. The standard InChI is InChI=1S/C20H16FNO/c1-23-20-10-9-17(21)12-15(20)11-16(13-22)19-8-4-6-14-5-2-3-7-18(14)19/h2-10,12,16H,11H2,1H3. The van der Waals surface area contributed by atoms with Crippen LogP contribution in [0.25, 0.3) is 10.8 Å². The predicted octanol–water partition coefficient (Wildman–Crippen LogP) is 4.84. The summed E-state index contributed by atoms with van der Waals surface area (Å²) >= 11 is 0. The number of hydrogen-bond acceptors (Lipinski definition) is 2. The molecule has 1 unspecified atom stereocenters. The van der Waals surface area contributed by atoms with Gasteiger partial charge in [-0.1, -0.05) is 42.5 Å². The van der Waals surface area contributed by atoms with E-state index in [1.165, 1.54) is 12.1 Å². The Morgan fingerprint density at radius 1 is 1.09 bits per heavy atom. The van der Waals surface area contributed by atoms with Crippen LogP contribution in [-0.2, 0) is 6.42 Å². The van der Waals surface area contributed by atoms with Gasteiger partial charge in [0.15, 0.2) is 0 Å². The maximum Gasteiger partial charge on any atom is 0.123 e. The number of methoxy groups -OCH3 is 1. The van der Waals surface area contributed by atoms with E-state index in [4.69, 9.17) is 4.74 Å². The molecule has 0 aliphatic carbocycles. The highest BCUT2D eigenvalue weighted by Gasteiger charge is 2.17. The van der Waals surface area contributed by atoms with Gasteiger partial charge < -0.3 is 4.74 Å². The smallest absolute Gasteiger partial charge is 0.123 e. The second-order valence-electron chi connectivity index (χ2n) is 5.41. The van der Waals surface area contributed by atoms with Crippen molar-refractivity contribution in [1.29, 1.82) is 5.26 Å². The number of nitriles is 1. The third-order valence-corrected chi connectivity index (χ3v) is 4.02. The Bertz CT molecular complexity index is 877. The van der Waals surface area contributed by atoms with Crippen LogP contribution in [0.5, 0.6) is 5.75 Å². The summed E-state index contributed by atoms with van der Waals surface area (Å²) in [6, 6.07) is 20.7. The first-order valence-corrected chi connectivity index (χ1v) is 7.42. The minimum absolute atomic E-state index is 0.324. The quantitative estimate of drug-likeness (QED) is 0.691. The van der Waals surface area contributed by atoms with Crippen LogP contribution in [0.15, 0.2) is 60.7 Å². The first-order chi connectivity index (χ1) is 11.2. The summed E-state index contributed by atoms with van der Waals surface area (Å²) in [6.07, 6.45) is 0.408. The summed E-state index contributed by atoms with van der Waals surface area (Å²) in [7, 11) is 1.55. The Hall–Kier alpha value is -2.86. The average molecular weight is 305 g/mol. The van der Waals surface area contributed by atoms with Gasteiger partial charge in [0.25, 0.3) is 0 Å². The van der Waals surface area contributed by atoms with Crippen LogP contribution in [0.2, 0.25) is 0 Å². The lowest BCUT2D eigenvalue weighted by molar-refractivity contribution is 0.407. The van der Waals surface area contributed by atoms with E-state index in [1.54, 1.807) is 13.2 Å². The SMILES string of the molecule is COc1ccc(F)cc1CC(C#N)c1cccc2ccccc12. The van der Waals surface area contributed by atoms with E-state index in [1.807, 2.05) is 42.5 Å².